The second kappa shape index (κ2) is 4.58. The Morgan fingerprint density at radius 1 is 1.31 bits per heavy atom. The maximum Gasteiger partial charge on any atom is 0.137 e. The molecule has 1 aromatic heterocycles. The Bertz CT molecular complexity index is 392. The quantitative estimate of drug-likeness (QED) is 0.706. The van der Waals surface area contributed by atoms with Gasteiger partial charge in [-0.1, -0.05) is 18.5 Å². The molecule has 1 saturated heterocycles. The largest absolute Gasteiger partial charge is 0.356 e. The maximum absolute atomic E-state index is 6.10. The number of hydrogen-bond donors (Lipinski definition) is 0. The summed E-state index contributed by atoms with van der Waals surface area (Å²) in [5, 5.41) is 0.584. The molecular weight excluding hydrogens is 222 g/mol. The van der Waals surface area contributed by atoms with Crippen LogP contribution in [0.15, 0.2) is 0 Å². The molecule has 0 aromatic carbocycles. The number of piperidine rings is 1. The fourth-order valence-electron chi connectivity index (χ4n) is 2.27. The van der Waals surface area contributed by atoms with Crippen LogP contribution >= 0.6 is 11.6 Å². The van der Waals surface area contributed by atoms with E-state index in [1.54, 1.807) is 0 Å². The summed E-state index contributed by atoms with van der Waals surface area (Å²) in [6, 6.07) is 0. The fourth-order valence-corrected chi connectivity index (χ4v) is 2.48. The topological polar surface area (TPSA) is 29.0 Å². The molecule has 1 aromatic rings. The minimum absolute atomic E-state index is 0.584. The third-order valence-corrected chi connectivity index (χ3v) is 3.50. The van der Waals surface area contributed by atoms with E-state index >= 15 is 0 Å². The Labute approximate surface area is 102 Å². The zero-order valence-electron chi connectivity index (χ0n) is 10.1. The molecule has 1 aliphatic heterocycles. The molecule has 88 valence electrons. The van der Waals surface area contributed by atoms with Crippen LogP contribution in [-0.4, -0.2) is 23.1 Å². The van der Waals surface area contributed by atoms with Gasteiger partial charge in [-0.05, 0) is 32.6 Å². The fraction of sp³-hybridized carbons (Fsp3) is 0.667. The van der Waals surface area contributed by atoms with Crippen LogP contribution in [-0.2, 0) is 0 Å². The van der Waals surface area contributed by atoms with Crippen LogP contribution < -0.4 is 4.90 Å². The van der Waals surface area contributed by atoms with E-state index in [1.807, 2.05) is 13.8 Å². The predicted octanol–water partition coefficient (Wildman–Crippen LogP) is 2.98. The first kappa shape index (κ1) is 11.6. The third-order valence-electron chi connectivity index (χ3n) is 3.13. The standard InChI is InChI=1S/C12H18ClN3/c1-8-5-4-6-16(7-8)12-9(2)11(13)14-10(3)15-12/h8H,4-7H2,1-3H3. The molecule has 1 unspecified atom stereocenters. The lowest BCUT2D eigenvalue weighted by Crippen LogP contribution is -2.35. The van der Waals surface area contributed by atoms with Crippen LogP contribution in [0.1, 0.15) is 31.2 Å². The summed E-state index contributed by atoms with van der Waals surface area (Å²) in [5.74, 6) is 2.51. The van der Waals surface area contributed by atoms with Gasteiger partial charge in [0.25, 0.3) is 0 Å². The predicted molar refractivity (Wildman–Crippen MR) is 67.1 cm³/mol. The van der Waals surface area contributed by atoms with Crippen LogP contribution in [0.25, 0.3) is 0 Å². The van der Waals surface area contributed by atoms with Crippen molar-refractivity contribution in [2.24, 2.45) is 5.92 Å². The second-order valence-electron chi connectivity index (χ2n) is 4.70. The summed E-state index contributed by atoms with van der Waals surface area (Å²) in [7, 11) is 0. The minimum Gasteiger partial charge on any atom is -0.356 e. The summed E-state index contributed by atoms with van der Waals surface area (Å²) in [5.41, 5.74) is 1.00. The molecule has 0 spiro atoms. The van der Waals surface area contributed by atoms with Gasteiger partial charge in [0.15, 0.2) is 0 Å². The molecule has 16 heavy (non-hydrogen) atoms. The van der Waals surface area contributed by atoms with Crippen molar-refractivity contribution in [2.75, 3.05) is 18.0 Å². The molecule has 0 radical (unpaired) electrons. The summed E-state index contributed by atoms with van der Waals surface area (Å²) in [6.07, 6.45) is 2.55. The highest BCUT2D eigenvalue weighted by Gasteiger charge is 2.20. The monoisotopic (exact) mass is 239 g/mol. The van der Waals surface area contributed by atoms with Crippen molar-refractivity contribution in [3.63, 3.8) is 0 Å². The van der Waals surface area contributed by atoms with E-state index in [9.17, 15) is 0 Å². The lowest BCUT2D eigenvalue weighted by molar-refractivity contribution is 0.444. The molecule has 0 aliphatic carbocycles. The van der Waals surface area contributed by atoms with Gasteiger partial charge >= 0.3 is 0 Å². The van der Waals surface area contributed by atoms with Crippen molar-refractivity contribution in [2.45, 2.75) is 33.6 Å². The van der Waals surface area contributed by atoms with Gasteiger partial charge in [-0.3, -0.25) is 0 Å². The Kier molecular flexibility index (Phi) is 3.33. The summed E-state index contributed by atoms with van der Waals surface area (Å²) >= 11 is 6.10. The molecule has 0 bridgehead atoms. The average molecular weight is 240 g/mol. The van der Waals surface area contributed by atoms with E-state index in [-0.39, 0.29) is 0 Å². The number of hydrogen-bond acceptors (Lipinski definition) is 3. The maximum atomic E-state index is 6.10. The Morgan fingerprint density at radius 3 is 2.75 bits per heavy atom. The summed E-state index contributed by atoms with van der Waals surface area (Å²) in [4.78, 5) is 11.0. The van der Waals surface area contributed by atoms with Crippen molar-refractivity contribution < 1.29 is 0 Å². The van der Waals surface area contributed by atoms with E-state index in [1.165, 1.54) is 12.8 Å². The van der Waals surface area contributed by atoms with Gasteiger partial charge in [-0.25, -0.2) is 9.97 Å². The van der Waals surface area contributed by atoms with Crippen molar-refractivity contribution in [1.82, 2.24) is 9.97 Å². The van der Waals surface area contributed by atoms with Crippen LogP contribution in [0.4, 0.5) is 5.82 Å². The Morgan fingerprint density at radius 2 is 2.06 bits per heavy atom. The van der Waals surface area contributed by atoms with Gasteiger partial charge in [0.1, 0.15) is 16.8 Å². The molecule has 1 aliphatic rings. The van der Waals surface area contributed by atoms with Crippen LogP contribution in [0.2, 0.25) is 5.15 Å². The number of nitrogens with zero attached hydrogens (tertiary/aromatic N) is 3. The molecule has 0 amide bonds. The second-order valence-corrected chi connectivity index (χ2v) is 5.06. The van der Waals surface area contributed by atoms with Gasteiger partial charge in [0, 0.05) is 18.7 Å². The van der Waals surface area contributed by atoms with Crippen LogP contribution in [0, 0.1) is 19.8 Å². The molecule has 3 nitrogen and oxygen atoms in total. The SMILES string of the molecule is Cc1nc(Cl)c(C)c(N2CCCC(C)C2)n1. The van der Waals surface area contributed by atoms with Crippen LogP contribution in [0.5, 0.6) is 0 Å². The first-order valence-corrected chi connectivity index (χ1v) is 6.21. The average Bonchev–Trinajstić information content (AvgIpc) is 2.23. The van der Waals surface area contributed by atoms with E-state index < -0.39 is 0 Å². The molecule has 2 rings (SSSR count). The van der Waals surface area contributed by atoms with E-state index in [2.05, 4.69) is 21.8 Å². The Hall–Kier alpha value is -0.830. The number of aryl methyl sites for hydroxylation is 1. The van der Waals surface area contributed by atoms with Crippen molar-refractivity contribution in [3.05, 3.63) is 16.5 Å². The third kappa shape index (κ3) is 2.29. The number of halogens is 1. The molecular formula is C12H18ClN3. The highest BCUT2D eigenvalue weighted by atomic mass is 35.5. The molecule has 2 heterocycles. The van der Waals surface area contributed by atoms with E-state index in [0.717, 1.165) is 36.2 Å². The number of anilines is 1. The highest BCUT2D eigenvalue weighted by molar-refractivity contribution is 6.30. The lowest BCUT2D eigenvalue weighted by Gasteiger charge is -2.32. The lowest BCUT2D eigenvalue weighted by atomic mass is 10.00. The van der Waals surface area contributed by atoms with E-state index in [0.29, 0.717) is 5.15 Å². The molecule has 1 fully saturated rings. The van der Waals surface area contributed by atoms with E-state index in [4.69, 9.17) is 11.6 Å². The first-order chi connectivity index (χ1) is 7.58. The van der Waals surface area contributed by atoms with Gasteiger partial charge < -0.3 is 4.90 Å². The molecule has 0 saturated carbocycles. The van der Waals surface area contributed by atoms with Crippen molar-refractivity contribution in [1.29, 1.82) is 0 Å². The number of aromatic nitrogens is 2. The summed E-state index contributed by atoms with van der Waals surface area (Å²) < 4.78 is 0. The molecule has 4 heteroatoms. The smallest absolute Gasteiger partial charge is 0.137 e. The summed E-state index contributed by atoms with van der Waals surface area (Å²) in [6.45, 7) is 8.33. The zero-order chi connectivity index (χ0) is 11.7. The van der Waals surface area contributed by atoms with Crippen molar-refractivity contribution >= 4 is 17.4 Å². The number of rotatable bonds is 1. The Balaban J connectivity index is 2.32. The zero-order valence-corrected chi connectivity index (χ0v) is 10.9. The normalized spacial score (nSPS) is 21.2. The first-order valence-electron chi connectivity index (χ1n) is 5.83. The van der Waals surface area contributed by atoms with Gasteiger partial charge in [-0.15, -0.1) is 0 Å². The van der Waals surface area contributed by atoms with Crippen molar-refractivity contribution in [3.8, 4) is 0 Å². The molecule has 1 atom stereocenters. The highest BCUT2D eigenvalue weighted by Crippen LogP contribution is 2.27. The molecule has 0 N–H and O–H groups in total. The van der Waals surface area contributed by atoms with Gasteiger partial charge in [0.2, 0.25) is 0 Å². The van der Waals surface area contributed by atoms with Gasteiger partial charge in [0.05, 0.1) is 0 Å². The minimum atomic E-state index is 0.584. The van der Waals surface area contributed by atoms with Crippen LogP contribution in [0.3, 0.4) is 0 Å². The van der Waals surface area contributed by atoms with Gasteiger partial charge in [-0.2, -0.15) is 0 Å².